The Labute approximate surface area is 86.5 Å². The number of benzene rings is 1. The molecular weight excluding hydrogens is 200 g/mol. The van der Waals surface area contributed by atoms with Crippen LogP contribution in [0.1, 0.15) is 20.7 Å². The van der Waals surface area contributed by atoms with Crippen LogP contribution in [0.5, 0.6) is 5.75 Å². The highest BCUT2D eigenvalue weighted by Crippen LogP contribution is 2.27. The zero-order chi connectivity index (χ0) is 10.6. The van der Waals surface area contributed by atoms with Crippen LogP contribution in [-0.4, -0.2) is 25.9 Å². The number of aldehydes is 2. The molecule has 74 valence electrons. The third kappa shape index (κ3) is 1.96. The minimum Gasteiger partial charge on any atom is -0.495 e. The molecule has 0 aromatic heterocycles. The number of methoxy groups -OCH3 is 1. The van der Waals surface area contributed by atoms with Crippen LogP contribution in [0.25, 0.3) is 0 Å². The highest BCUT2D eigenvalue weighted by Gasteiger charge is 2.09. The number of carbonyl (C=O) groups is 2. The van der Waals surface area contributed by atoms with Crippen LogP contribution in [0.3, 0.4) is 0 Å². The number of hydrogen-bond donors (Lipinski definition) is 0. The minimum atomic E-state index is 0.341. The number of ether oxygens (including phenoxy) is 1. The zero-order valence-electron chi connectivity index (χ0n) is 7.94. The summed E-state index contributed by atoms with van der Waals surface area (Å²) in [6.45, 7) is 0. The van der Waals surface area contributed by atoms with Gasteiger partial charge in [0.2, 0.25) is 0 Å². The second-order valence-corrected chi connectivity index (χ2v) is 3.45. The molecule has 0 saturated heterocycles. The smallest absolute Gasteiger partial charge is 0.153 e. The largest absolute Gasteiger partial charge is 0.495 e. The molecule has 0 N–H and O–H groups in total. The summed E-state index contributed by atoms with van der Waals surface area (Å²) in [7, 11) is 1.44. The van der Waals surface area contributed by atoms with Crippen LogP contribution >= 0.6 is 11.8 Å². The van der Waals surface area contributed by atoms with E-state index in [1.54, 1.807) is 12.1 Å². The Hall–Kier alpha value is -1.29. The molecule has 0 aliphatic rings. The summed E-state index contributed by atoms with van der Waals surface area (Å²) >= 11 is 1.47. The summed E-state index contributed by atoms with van der Waals surface area (Å²) in [5.41, 5.74) is 0.808. The first kappa shape index (κ1) is 10.8. The van der Waals surface area contributed by atoms with Gasteiger partial charge in [0.25, 0.3) is 0 Å². The van der Waals surface area contributed by atoms with Crippen molar-refractivity contribution in [3.05, 3.63) is 23.3 Å². The lowest BCUT2D eigenvalue weighted by atomic mass is 10.1. The Bertz CT molecular complexity index is 331. The van der Waals surface area contributed by atoms with Crippen molar-refractivity contribution in [2.75, 3.05) is 13.4 Å². The fourth-order valence-corrected chi connectivity index (χ4v) is 1.66. The molecule has 0 aliphatic heterocycles. The lowest BCUT2D eigenvalue weighted by molar-refractivity contribution is 0.111. The van der Waals surface area contributed by atoms with E-state index in [0.717, 1.165) is 4.90 Å². The molecule has 0 aliphatic carbocycles. The van der Waals surface area contributed by atoms with Crippen LogP contribution in [0, 0.1) is 0 Å². The Morgan fingerprint density at radius 2 is 1.71 bits per heavy atom. The van der Waals surface area contributed by atoms with Gasteiger partial charge in [-0.15, -0.1) is 11.8 Å². The second kappa shape index (κ2) is 4.81. The molecule has 0 amide bonds. The van der Waals surface area contributed by atoms with Crippen molar-refractivity contribution in [1.82, 2.24) is 0 Å². The molecular formula is C10H10O3S. The lowest BCUT2D eigenvalue weighted by Crippen LogP contribution is -1.96. The molecule has 1 aromatic carbocycles. The SMILES string of the molecule is COc1c(C=O)cc(SC)cc1C=O. The third-order valence-electron chi connectivity index (χ3n) is 1.81. The molecule has 0 spiro atoms. The van der Waals surface area contributed by atoms with Gasteiger partial charge in [-0.05, 0) is 18.4 Å². The van der Waals surface area contributed by atoms with Gasteiger partial charge in [0.15, 0.2) is 12.6 Å². The number of thioether (sulfide) groups is 1. The van der Waals surface area contributed by atoms with E-state index in [9.17, 15) is 9.59 Å². The molecule has 3 nitrogen and oxygen atoms in total. The van der Waals surface area contributed by atoms with Gasteiger partial charge in [-0.25, -0.2) is 0 Å². The van der Waals surface area contributed by atoms with Gasteiger partial charge in [-0.1, -0.05) is 0 Å². The molecule has 0 heterocycles. The Kier molecular flexibility index (Phi) is 3.71. The van der Waals surface area contributed by atoms with Crippen molar-refractivity contribution < 1.29 is 14.3 Å². The number of hydrogen-bond acceptors (Lipinski definition) is 4. The first-order valence-corrected chi connectivity index (χ1v) is 5.15. The standard InChI is InChI=1S/C10H10O3S/c1-13-10-7(5-11)3-9(14-2)4-8(10)6-12/h3-6H,1-2H3. The molecule has 0 fully saturated rings. The topological polar surface area (TPSA) is 43.4 Å². The maximum Gasteiger partial charge on any atom is 0.153 e. The van der Waals surface area contributed by atoms with Crippen molar-refractivity contribution in [3.8, 4) is 5.75 Å². The first-order chi connectivity index (χ1) is 6.76. The molecule has 0 unspecified atom stereocenters. The van der Waals surface area contributed by atoms with Crippen molar-refractivity contribution in [3.63, 3.8) is 0 Å². The summed E-state index contributed by atoms with van der Waals surface area (Å²) in [6, 6.07) is 3.40. The van der Waals surface area contributed by atoms with Crippen LogP contribution in [0.4, 0.5) is 0 Å². The van der Waals surface area contributed by atoms with E-state index in [4.69, 9.17) is 4.74 Å². The monoisotopic (exact) mass is 210 g/mol. The minimum absolute atomic E-state index is 0.341. The summed E-state index contributed by atoms with van der Waals surface area (Å²) < 4.78 is 4.99. The van der Waals surface area contributed by atoms with E-state index in [-0.39, 0.29) is 0 Å². The van der Waals surface area contributed by atoms with Crippen molar-refractivity contribution >= 4 is 24.3 Å². The van der Waals surface area contributed by atoms with E-state index in [2.05, 4.69) is 0 Å². The predicted octanol–water partition coefficient (Wildman–Crippen LogP) is 2.04. The number of rotatable bonds is 4. The van der Waals surface area contributed by atoms with E-state index in [0.29, 0.717) is 29.4 Å². The van der Waals surface area contributed by atoms with Crippen LogP contribution in [-0.2, 0) is 0 Å². The molecule has 0 saturated carbocycles. The molecule has 1 rings (SSSR count). The van der Waals surface area contributed by atoms with Gasteiger partial charge in [0.05, 0.1) is 18.2 Å². The van der Waals surface area contributed by atoms with Gasteiger partial charge >= 0.3 is 0 Å². The van der Waals surface area contributed by atoms with Gasteiger partial charge in [-0.2, -0.15) is 0 Å². The van der Waals surface area contributed by atoms with E-state index in [1.165, 1.54) is 18.9 Å². The van der Waals surface area contributed by atoms with Gasteiger partial charge in [0.1, 0.15) is 5.75 Å². The Balaban J connectivity index is 3.38. The summed E-state index contributed by atoms with van der Waals surface area (Å²) in [6.07, 6.45) is 3.25. The quantitative estimate of drug-likeness (QED) is 0.563. The first-order valence-electron chi connectivity index (χ1n) is 3.93. The van der Waals surface area contributed by atoms with E-state index < -0.39 is 0 Å². The van der Waals surface area contributed by atoms with Gasteiger partial charge in [-0.3, -0.25) is 9.59 Å². The van der Waals surface area contributed by atoms with Gasteiger partial charge in [0, 0.05) is 4.90 Å². The summed E-state index contributed by atoms with van der Waals surface area (Å²) in [5, 5.41) is 0. The molecule has 1 aromatic rings. The van der Waals surface area contributed by atoms with Gasteiger partial charge < -0.3 is 4.74 Å². The third-order valence-corrected chi connectivity index (χ3v) is 2.52. The molecule has 4 heteroatoms. The second-order valence-electron chi connectivity index (χ2n) is 2.57. The van der Waals surface area contributed by atoms with Crippen LogP contribution in [0.2, 0.25) is 0 Å². The van der Waals surface area contributed by atoms with E-state index >= 15 is 0 Å². The lowest BCUT2D eigenvalue weighted by Gasteiger charge is -2.08. The predicted molar refractivity (Wildman–Crippen MR) is 55.6 cm³/mol. The highest BCUT2D eigenvalue weighted by molar-refractivity contribution is 7.98. The van der Waals surface area contributed by atoms with Crippen LogP contribution in [0.15, 0.2) is 17.0 Å². The number of carbonyl (C=O) groups excluding carboxylic acids is 2. The molecule has 14 heavy (non-hydrogen) atoms. The van der Waals surface area contributed by atoms with Crippen molar-refractivity contribution in [2.45, 2.75) is 4.90 Å². The molecule has 0 atom stereocenters. The van der Waals surface area contributed by atoms with Crippen LogP contribution < -0.4 is 4.74 Å². The average Bonchev–Trinajstić information content (AvgIpc) is 2.26. The normalized spacial score (nSPS) is 9.57. The fourth-order valence-electron chi connectivity index (χ4n) is 1.17. The maximum absolute atomic E-state index is 10.7. The molecule has 0 bridgehead atoms. The van der Waals surface area contributed by atoms with E-state index in [1.807, 2.05) is 6.26 Å². The Morgan fingerprint density at radius 3 is 2.00 bits per heavy atom. The van der Waals surface area contributed by atoms with Crippen molar-refractivity contribution in [2.24, 2.45) is 0 Å². The Morgan fingerprint density at radius 1 is 1.21 bits per heavy atom. The fraction of sp³-hybridized carbons (Fsp3) is 0.200. The molecule has 0 radical (unpaired) electrons. The highest BCUT2D eigenvalue weighted by atomic mass is 32.2. The average molecular weight is 210 g/mol. The summed E-state index contributed by atoms with van der Waals surface area (Å²) in [4.78, 5) is 22.3. The van der Waals surface area contributed by atoms with Crippen molar-refractivity contribution in [1.29, 1.82) is 0 Å². The zero-order valence-corrected chi connectivity index (χ0v) is 8.76. The summed E-state index contributed by atoms with van der Waals surface area (Å²) in [5.74, 6) is 0.341. The maximum atomic E-state index is 10.7.